The smallest absolute Gasteiger partial charge is 0.124 e. The van der Waals surface area contributed by atoms with E-state index in [2.05, 4.69) is 166 Å². The zero-order valence-corrected chi connectivity index (χ0v) is 39.8. The highest BCUT2D eigenvalue weighted by molar-refractivity contribution is 14.1. The van der Waals surface area contributed by atoms with Crippen LogP contribution < -0.4 is 11.5 Å². The Kier molecular flexibility index (Phi) is 17.3. The monoisotopic (exact) mass is 1330 g/mol. The third-order valence-electron chi connectivity index (χ3n) is 6.23. The fraction of sp³-hybridized carbons (Fsp3) is 0.0625. The highest BCUT2D eigenvalue weighted by Gasteiger charge is 2.17. The first-order chi connectivity index (χ1) is 22.0. The van der Waals surface area contributed by atoms with Crippen LogP contribution in [0.25, 0.3) is 0 Å². The standard InChI is InChI=1S/C20H11Br5F2.C6H5Br3N2.C6H3BrFI/c21-16-3-1-12(26)5-10(16)7-14-18(23)9-19(24)15(20(14)25)8-11-6-13(27)2-4-17(11)22;7-2-1-3(8)6(11)4(9)5(2)10;7-5-2-1-4(8)3-6(5)9/h1-6,9H,7-8H2;1H,10-11H2;1-3H. The predicted molar refractivity (Wildman–Crippen MR) is 229 cm³/mol. The highest BCUT2D eigenvalue weighted by atomic mass is 127. The van der Waals surface area contributed by atoms with Crippen molar-refractivity contribution >= 4 is 177 Å². The van der Waals surface area contributed by atoms with Crippen molar-refractivity contribution in [1.29, 1.82) is 0 Å². The maximum Gasteiger partial charge on any atom is 0.124 e. The van der Waals surface area contributed by atoms with Gasteiger partial charge in [-0.1, -0.05) is 79.6 Å². The van der Waals surface area contributed by atoms with Gasteiger partial charge in [-0.3, -0.25) is 0 Å². The summed E-state index contributed by atoms with van der Waals surface area (Å²) in [6.07, 6.45) is 1.06. The molecule has 0 aliphatic heterocycles. The number of halogens is 13. The summed E-state index contributed by atoms with van der Waals surface area (Å²) in [6, 6.07) is 17.7. The van der Waals surface area contributed by atoms with Crippen LogP contribution in [0.3, 0.4) is 0 Å². The summed E-state index contributed by atoms with van der Waals surface area (Å²) in [5, 5.41) is 0. The van der Waals surface area contributed by atoms with Gasteiger partial charge in [0.2, 0.25) is 0 Å². The van der Waals surface area contributed by atoms with Crippen molar-refractivity contribution in [3.05, 3.63) is 150 Å². The van der Waals surface area contributed by atoms with Crippen molar-refractivity contribution in [2.75, 3.05) is 11.5 Å². The quantitative estimate of drug-likeness (QED) is 0.107. The van der Waals surface area contributed by atoms with E-state index in [9.17, 15) is 13.2 Å². The van der Waals surface area contributed by atoms with Crippen molar-refractivity contribution < 1.29 is 13.2 Å². The minimum Gasteiger partial charge on any atom is -0.397 e. The number of nitrogen functional groups attached to an aromatic ring is 2. The second-order valence-electron chi connectivity index (χ2n) is 9.48. The molecular weight excluding hydrogens is 1320 g/mol. The average molecular weight is 1330 g/mol. The van der Waals surface area contributed by atoms with E-state index in [1.807, 2.05) is 12.1 Å². The fourth-order valence-electron chi connectivity index (χ4n) is 3.83. The molecule has 0 saturated carbocycles. The molecule has 0 bridgehead atoms. The lowest BCUT2D eigenvalue weighted by Gasteiger charge is -2.16. The molecule has 5 rings (SSSR count). The lowest BCUT2D eigenvalue weighted by Crippen LogP contribution is -2.00. The molecule has 0 atom stereocenters. The zero-order valence-electron chi connectivity index (χ0n) is 23.3. The summed E-state index contributed by atoms with van der Waals surface area (Å²) in [5.74, 6) is -0.745. The summed E-state index contributed by atoms with van der Waals surface area (Å²) in [4.78, 5) is 0. The normalized spacial score (nSPS) is 10.6. The third-order valence-corrected chi connectivity index (χ3v) is 14.6. The molecule has 0 saturated heterocycles. The number of nitrogens with two attached hydrogens (primary N) is 2. The van der Waals surface area contributed by atoms with Crippen LogP contribution in [0.2, 0.25) is 0 Å². The van der Waals surface area contributed by atoms with Gasteiger partial charge in [-0.15, -0.1) is 0 Å². The molecule has 5 aromatic carbocycles. The van der Waals surface area contributed by atoms with Crippen LogP contribution in [0.1, 0.15) is 22.3 Å². The van der Waals surface area contributed by atoms with E-state index in [0.717, 1.165) is 66.1 Å². The van der Waals surface area contributed by atoms with E-state index in [0.29, 0.717) is 24.2 Å². The maximum absolute atomic E-state index is 13.7. The molecule has 47 heavy (non-hydrogen) atoms. The maximum atomic E-state index is 13.7. The van der Waals surface area contributed by atoms with E-state index in [1.165, 1.54) is 36.4 Å². The third kappa shape index (κ3) is 12.0. The Morgan fingerprint density at radius 3 is 1.19 bits per heavy atom. The first-order valence-corrected chi connectivity index (χ1v) is 21.0. The molecule has 0 aromatic heterocycles. The van der Waals surface area contributed by atoms with Crippen LogP contribution in [0.5, 0.6) is 0 Å². The zero-order chi connectivity index (χ0) is 35.2. The van der Waals surface area contributed by atoms with Gasteiger partial charge < -0.3 is 11.5 Å². The van der Waals surface area contributed by atoms with Crippen molar-refractivity contribution in [3.63, 3.8) is 0 Å². The molecule has 248 valence electrons. The molecule has 0 radical (unpaired) electrons. The summed E-state index contributed by atoms with van der Waals surface area (Å²) >= 11 is 33.1. The van der Waals surface area contributed by atoms with Gasteiger partial charge in [-0.25, -0.2) is 13.2 Å². The summed E-state index contributed by atoms with van der Waals surface area (Å²) in [7, 11) is 0. The minimum atomic E-state index is -0.276. The molecule has 0 spiro atoms. The Balaban J connectivity index is 0.000000244. The highest BCUT2D eigenvalue weighted by Crippen LogP contribution is 2.40. The molecule has 0 amide bonds. The largest absolute Gasteiger partial charge is 0.397 e. The Bertz CT molecular complexity index is 1820. The summed E-state index contributed by atoms with van der Waals surface area (Å²) < 4.78 is 48.3. The molecule has 0 unspecified atom stereocenters. The van der Waals surface area contributed by atoms with Gasteiger partial charge in [0.05, 0.1) is 15.8 Å². The molecule has 0 aliphatic carbocycles. The Morgan fingerprint density at radius 1 is 0.447 bits per heavy atom. The molecule has 0 fully saturated rings. The Hall–Kier alpha value is 0.540. The number of hydrogen-bond donors (Lipinski definition) is 2. The first-order valence-electron chi connectivity index (χ1n) is 12.8. The molecule has 5 aromatic rings. The van der Waals surface area contributed by atoms with Crippen LogP contribution in [-0.4, -0.2) is 0 Å². The van der Waals surface area contributed by atoms with Crippen molar-refractivity contribution in [2.24, 2.45) is 0 Å². The number of rotatable bonds is 4. The second kappa shape index (κ2) is 19.4. The van der Waals surface area contributed by atoms with Crippen LogP contribution in [-0.2, 0) is 12.8 Å². The van der Waals surface area contributed by atoms with E-state index < -0.39 is 0 Å². The fourth-order valence-corrected chi connectivity index (χ4v) is 10.1. The summed E-state index contributed by atoms with van der Waals surface area (Å²) in [6.45, 7) is 0. The molecule has 0 aliphatic rings. The van der Waals surface area contributed by atoms with Crippen LogP contribution >= 0.6 is 166 Å². The van der Waals surface area contributed by atoms with E-state index in [-0.39, 0.29) is 17.5 Å². The Labute approximate surface area is 360 Å². The predicted octanol–water partition coefficient (Wildman–Crippen LogP) is 15.3. The van der Waals surface area contributed by atoms with Gasteiger partial charge in [-0.05, 0) is 175 Å². The van der Waals surface area contributed by atoms with Crippen LogP contribution in [0, 0.1) is 21.0 Å². The van der Waals surface area contributed by atoms with Gasteiger partial charge in [0.15, 0.2) is 0 Å². The first kappa shape index (κ1) is 42.0. The lowest BCUT2D eigenvalue weighted by molar-refractivity contribution is 0.625. The van der Waals surface area contributed by atoms with Gasteiger partial charge in [0.25, 0.3) is 0 Å². The number of hydrogen-bond acceptors (Lipinski definition) is 2. The van der Waals surface area contributed by atoms with Crippen molar-refractivity contribution in [1.82, 2.24) is 0 Å². The van der Waals surface area contributed by atoms with Gasteiger partial charge in [0.1, 0.15) is 17.5 Å². The molecule has 2 nitrogen and oxygen atoms in total. The minimum absolute atomic E-state index is 0.192. The van der Waals surface area contributed by atoms with Crippen LogP contribution in [0.15, 0.2) is 107 Å². The Morgan fingerprint density at radius 2 is 0.809 bits per heavy atom. The number of benzene rings is 5. The molecule has 15 heteroatoms. The lowest BCUT2D eigenvalue weighted by atomic mass is 9.99. The van der Waals surface area contributed by atoms with E-state index in [4.69, 9.17) is 11.5 Å². The van der Waals surface area contributed by atoms with Crippen molar-refractivity contribution in [3.8, 4) is 0 Å². The molecule has 4 N–H and O–H groups in total. The van der Waals surface area contributed by atoms with Gasteiger partial charge in [-0.2, -0.15) is 0 Å². The topological polar surface area (TPSA) is 52.0 Å². The van der Waals surface area contributed by atoms with Crippen LogP contribution in [0.4, 0.5) is 24.5 Å². The van der Waals surface area contributed by atoms with Gasteiger partial charge >= 0.3 is 0 Å². The van der Waals surface area contributed by atoms with Crippen molar-refractivity contribution in [2.45, 2.75) is 12.8 Å². The van der Waals surface area contributed by atoms with E-state index in [1.54, 1.807) is 18.2 Å². The average Bonchev–Trinajstić information content (AvgIpc) is 3.01. The number of anilines is 2. The van der Waals surface area contributed by atoms with Gasteiger partial charge in [0, 0.05) is 52.2 Å². The molecular formula is C32H19Br9F3IN2. The SMILES string of the molecule is Fc1ccc(Br)c(Cc2c(Br)cc(Br)c(Cc3cc(F)ccc3Br)c2Br)c1.Fc1ccc(Br)c(I)c1.Nc1c(Br)cc(Br)c(N)c1Br. The molecule has 0 heterocycles. The van der Waals surface area contributed by atoms with E-state index >= 15 is 0 Å². The summed E-state index contributed by atoms with van der Waals surface area (Å²) in [5.41, 5.74) is 16.2. The second-order valence-corrected chi connectivity index (χ2v) is 18.2.